The monoisotopic (exact) mass is 499 g/mol. The Kier molecular flexibility index (Phi) is 18.6. The van der Waals surface area contributed by atoms with E-state index in [1.165, 1.54) is 122 Å². The van der Waals surface area contributed by atoms with Crippen LogP contribution in [0.3, 0.4) is 0 Å². The summed E-state index contributed by atoms with van der Waals surface area (Å²) in [5.74, 6) is 1.60. The van der Waals surface area contributed by atoms with Gasteiger partial charge in [-0.2, -0.15) is 0 Å². The van der Waals surface area contributed by atoms with Crippen LogP contribution in [0.1, 0.15) is 141 Å². The molecule has 0 aromatic heterocycles. The second kappa shape index (κ2) is 21.7. The van der Waals surface area contributed by atoms with Crippen molar-refractivity contribution in [1.29, 1.82) is 0 Å². The maximum Gasteiger partial charge on any atom is 0.216 e. The van der Waals surface area contributed by atoms with Crippen molar-refractivity contribution in [3.05, 3.63) is 35.9 Å². The fraction of sp³-hybridized carbons (Fsp3) is 0.788. The van der Waals surface area contributed by atoms with Gasteiger partial charge in [-0.25, -0.2) is 4.99 Å². The van der Waals surface area contributed by atoms with Crippen LogP contribution in [0.15, 0.2) is 35.3 Å². The second-order valence-electron chi connectivity index (χ2n) is 11.0. The standard InChI is InChI=1S/C33H57NO2/c1-3-5-7-9-10-11-12-13-14-16-19-23-30(22-18-15-8-6-4-2)26-27-35-28-32-29-36-33(34-32)31-24-20-17-21-25-31/h17,20-21,24-25,30,32H,3-16,18-19,22-23,26-29H2,1-2H3/t30-,32-/m1/s1. The summed E-state index contributed by atoms with van der Waals surface area (Å²) in [6, 6.07) is 10.3. The Morgan fingerprint density at radius 1 is 0.722 bits per heavy atom. The fourth-order valence-electron chi connectivity index (χ4n) is 5.28. The van der Waals surface area contributed by atoms with Crippen molar-refractivity contribution in [2.45, 2.75) is 142 Å². The van der Waals surface area contributed by atoms with E-state index in [1.807, 2.05) is 18.2 Å². The predicted molar refractivity (Wildman–Crippen MR) is 156 cm³/mol. The first-order chi connectivity index (χ1) is 17.8. The van der Waals surface area contributed by atoms with Gasteiger partial charge in [-0.3, -0.25) is 0 Å². The van der Waals surface area contributed by atoms with E-state index in [0.29, 0.717) is 13.2 Å². The molecule has 0 saturated carbocycles. The maximum absolute atomic E-state index is 6.10. The van der Waals surface area contributed by atoms with Crippen LogP contribution in [-0.4, -0.2) is 31.8 Å². The minimum atomic E-state index is 0.138. The molecule has 206 valence electrons. The first-order valence-corrected chi connectivity index (χ1v) is 15.7. The summed E-state index contributed by atoms with van der Waals surface area (Å²) < 4.78 is 11.9. The Bertz CT molecular complexity index is 644. The summed E-state index contributed by atoms with van der Waals surface area (Å²) >= 11 is 0. The predicted octanol–water partition coefficient (Wildman–Crippen LogP) is 9.92. The number of hydrogen-bond acceptors (Lipinski definition) is 3. The molecular formula is C33H57NO2. The molecule has 3 heteroatoms. The van der Waals surface area contributed by atoms with Gasteiger partial charge in [-0.1, -0.05) is 148 Å². The minimum Gasteiger partial charge on any atom is -0.475 e. The fourth-order valence-corrected chi connectivity index (χ4v) is 5.28. The third kappa shape index (κ3) is 15.0. The lowest BCUT2D eigenvalue weighted by Gasteiger charge is -2.17. The van der Waals surface area contributed by atoms with Crippen molar-refractivity contribution in [3.63, 3.8) is 0 Å². The summed E-state index contributed by atoms with van der Waals surface area (Å²) in [5, 5.41) is 0. The first kappa shape index (κ1) is 30.9. The zero-order valence-electron chi connectivity index (χ0n) is 23.9. The SMILES string of the molecule is CCCCCCCCCCCCC[C@@H](CCCCCCC)CCOC[C@@H]1COC(c2ccccc2)=N1. The third-order valence-electron chi connectivity index (χ3n) is 7.65. The maximum atomic E-state index is 6.10. The molecule has 2 rings (SSSR count). The first-order valence-electron chi connectivity index (χ1n) is 15.7. The molecule has 36 heavy (non-hydrogen) atoms. The quantitative estimate of drug-likeness (QED) is 0.132. The van der Waals surface area contributed by atoms with Crippen molar-refractivity contribution in [2.75, 3.05) is 19.8 Å². The Hall–Kier alpha value is -1.35. The Morgan fingerprint density at radius 2 is 1.25 bits per heavy atom. The van der Waals surface area contributed by atoms with Crippen LogP contribution in [0.2, 0.25) is 0 Å². The Labute approximate surface area is 223 Å². The van der Waals surface area contributed by atoms with Crippen LogP contribution in [-0.2, 0) is 9.47 Å². The van der Waals surface area contributed by atoms with Crippen molar-refractivity contribution in [1.82, 2.24) is 0 Å². The molecule has 0 bridgehead atoms. The third-order valence-corrected chi connectivity index (χ3v) is 7.65. The van der Waals surface area contributed by atoms with Crippen molar-refractivity contribution < 1.29 is 9.47 Å². The number of rotatable bonds is 24. The van der Waals surface area contributed by atoms with E-state index in [0.717, 1.165) is 24.0 Å². The molecule has 1 aliphatic heterocycles. The van der Waals surface area contributed by atoms with Gasteiger partial charge < -0.3 is 9.47 Å². The highest BCUT2D eigenvalue weighted by Gasteiger charge is 2.20. The van der Waals surface area contributed by atoms with Gasteiger partial charge in [0, 0.05) is 12.2 Å². The van der Waals surface area contributed by atoms with Gasteiger partial charge >= 0.3 is 0 Å². The molecule has 0 fully saturated rings. The zero-order chi connectivity index (χ0) is 25.5. The molecule has 0 unspecified atom stereocenters. The summed E-state index contributed by atoms with van der Waals surface area (Å²) in [7, 11) is 0. The Morgan fingerprint density at radius 3 is 1.81 bits per heavy atom. The van der Waals surface area contributed by atoms with Gasteiger partial charge in [0.25, 0.3) is 0 Å². The van der Waals surface area contributed by atoms with E-state index in [4.69, 9.17) is 14.5 Å². The highest BCUT2D eigenvalue weighted by Crippen LogP contribution is 2.23. The van der Waals surface area contributed by atoms with E-state index in [9.17, 15) is 0 Å². The number of nitrogens with zero attached hydrogens (tertiary/aromatic N) is 1. The summed E-state index contributed by atoms with van der Waals surface area (Å²) in [4.78, 5) is 4.73. The molecule has 0 aliphatic carbocycles. The van der Waals surface area contributed by atoms with Crippen LogP contribution in [0, 0.1) is 5.92 Å². The molecular weight excluding hydrogens is 442 g/mol. The van der Waals surface area contributed by atoms with E-state index in [1.54, 1.807) is 0 Å². The van der Waals surface area contributed by atoms with Gasteiger partial charge in [-0.15, -0.1) is 0 Å². The van der Waals surface area contributed by atoms with Gasteiger partial charge in [-0.05, 0) is 24.5 Å². The van der Waals surface area contributed by atoms with Gasteiger partial charge in [0.15, 0.2) is 0 Å². The highest BCUT2D eigenvalue weighted by atomic mass is 16.5. The summed E-state index contributed by atoms with van der Waals surface area (Å²) in [6.45, 7) is 6.79. The van der Waals surface area contributed by atoms with Crippen molar-refractivity contribution >= 4 is 5.90 Å². The zero-order valence-corrected chi connectivity index (χ0v) is 23.9. The molecule has 1 heterocycles. The van der Waals surface area contributed by atoms with Crippen LogP contribution in [0.25, 0.3) is 0 Å². The molecule has 1 aliphatic rings. The molecule has 0 amide bonds. The van der Waals surface area contributed by atoms with Gasteiger partial charge in [0.2, 0.25) is 5.90 Å². The number of unbranched alkanes of at least 4 members (excludes halogenated alkanes) is 14. The normalized spacial score (nSPS) is 16.2. The average molecular weight is 500 g/mol. The number of hydrogen-bond donors (Lipinski definition) is 0. The minimum absolute atomic E-state index is 0.138. The van der Waals surface area contributed by atoms with Crippen LogP contribution in [0.5, 0.6) is 0 Å². The molecule has 1 aromatic rings. The van der Waals surface area contributed by atoms with E-state index >= 15 is 0 Å². The lowest BCUT2D eigenvalue weighted by atomic mass is 9.91. The number of aliphatic imine (C=N–C) groups is 1. The molecule has 0 spiro atoms. The van der Waals surface area contributed by atoms with E-state index in [-0.39, 0.29) is 6.04 Å². The number of ether oxygens (including phenoxy) is 2. The van der Waals surface area contributed by atoms with Crippen molar-refractivity contribution in [3.8, 4) is 0 Å². The molecule has 1 aromatic carbocycles. The van der Waals surface area contributed by atoms with Crippen LogP contribution >= 0.6 is 0 Å². The van der Waals surface area contributed by atoms with Gasteiger partial charge in [0.05, 0.1) is 6.61 Å². The molecule has 0 saturated heterocycles. The topological polar surface area (TPSA) is 30.8 Å². The molecule has 2 atom stereocenters. The molecule has 3 nitrogen and oxygen atoms in total. The highest BCUT2D eigenvalue weighted by molar-refractivity contribution is 5.95. The average Bonchev–Trinajstić information content (AvgIpc) is 3.38. The summed E-state index contributed by atoms with van der Waals surface area (Å²) in [6.07, 6.45) is 26.6. The van der Waals surface area contributed by atoms with Crippen LogP contribution < -0.4 is 0 Å². The van der Waals surface area contributed by atoms with E-state index < -0.39 is 0 Å². The number of benzene rings is 1. The van der Waals surface area contributed by atoms with Gasteiger partial charge in [0.1, 0.15) is 12.6 Å². The van der Waals surface area contributed by atoms with Crippen LogP contribution in [0.4, 0.5) is 0 Å². The lowest BCUT2D eigenvalue weighted by Crippen LogP contribution is -2.16. The molecule has 0 radical (unpaired) electrons. The van der Waals surface area contributed by atoms with Crippen molar-refractivity contribution in [2.24, 2.45) is 10.9 Å². The largest absolute Gasteiger partial charge is 0.475 e. The molecule has 0 N–H and O–H groups in total. The lowest BCUT2D eigenvalue weighted by molar-refractivity contribution is 0.0983. The smallest absolute Gasteiger partial charge is 0.216 e. The second-order valence-corrected chi connectivity index (χ2v) is 11.0. The Balaban J connectivity index is 1.57. The summed E-state index contributed by atoms with van der Waals surface area (Å²) in [5.41, 5.74) is 1.06. The van der Waals surface area contributed by atoms with E-state index in [2.05, 4.69) is 26.0 Å².